The van der Waals surface area contributed by atoms with E-state index in [-0.39, 0.29) is 11.5 Å². The van der Waals surface area contributed by atoms with Gasteiger partial charge in [-0.3, -0.25) is 10.1 Å². The van der Waals surface area contributed by atoms with Crippen molar-refractivity contribution in [2.24, 2.45) is 0 Å². The number of hydrogen-bond donors (Lipinski definition) is 2. The normalized spacial score (nSPS) is 26.1. The molecule has 1 atom stereocenters. The topological polar surface area (TPSA) is 83.5 Å². The van der Waals surface area contributed by atoms with Gasteiger partial charge >= 0.3 is 0 Å². The van der Waals surface area contributed by atoms with E-state index in [4.69, 9.17) is 5.11 Å². The summed E-state index contributed by atoms with van der Waals surface area (Å²) < 4.78 is 21.7. The van der Waals surface area contributed by atoms with Gasteiger partial charge in [0.05, 0.1) is 11.5 Å². The average Bonchev–Trinajstić information content (AvgIpc) is 1.80. The fourth-order valence-electron chi connectivity index (χ4n) is 1.44. The van der Waals surface area contributed by atoms with E-state index in [0.29, 0.717) is 0 Å². The van der Waals surface area contributed by atoms with Crippen LogP contribution in [0.4, 0.5) is 0 Å². The van der Waals surface area contributed by atoms with Crippen molar-refractivity contribution in [1.29, 1.82) is 0 Å². The molecule has 76 valence electrons. The standard InChI is InChI=1S/C7H13NO4S/c1-5(9)6(10)8-7(2)3-13(11,12)4-7/h6,8,10H,3-4H2,1-2H3. The van der Waals surface area contributed by atoms with Crippen molar-refractivity contribution in [2.45, 2.75) is 25.6 Å². The van der Waals surface area contributed by atoms with Gasteiger partial charge in [-0.25, -0.2) is 8.42 Å². The summed E-state index contributed by atoms with van der Waals surface area (Å²) in [7, 11) is -2.95. The van der Waals surface area contributed by atoms with Gasteiger partial charge in [0.15, 0.2) is 21.8 Å². The molecule has 1 rings (SSSR count). The van der Waals surface area contributed by atoms with Crippen LogP contribution in [0, 0.1) is 0 Å². The Bertz CT molecular complexity index is 309. The number of nitrogens with one attached hydrogen (secondary N) is 1. The zero-order chi connectivity index (χ0) is 10.3. The van der Waals surface area contributed by atoms with Crippen LogP contribution >= 0.6 is 0 Å². The number of rotatable bonds is 3. The van der Waals surface area contributed by atoms with Crippen LogP contribution in [-0.4, -0.2) is 42.6 Å². The lowest BCUT2D eigenvalue weighted by Gasteiger charge is -2.39. The van der Waals surface area contributed by atoms with E-state index < -0.39 is 27.4 Å². The summed E-state index contributed by atoms with van der Waals surface area (Å²) in [5.74, 6) is -0.458. The Labute approximate surface area is 77.1 Å². The monoisotopic (exact) mass is 207 g/mol. The summed E-state index contributed by atoms with van der Waals surface area (Å²) in [4.78, 5) is 10.7. The molecule has 1 aliphatic heterocycles. The quantitative estimate of drug-likeness (QED) is 0.560. The summed E-state index contributed by atoms with van der Waals surface area (Å²) in [6.45, 7) is 2.91. The minimum Gasteiger partial charge on any atom is -0.371 e. The van der Waals surface area contributed by atoms with E-state index in [1.54, 1.807) is 6.92 Å². The summed E-state index contributed by atoms with van der Waals surface area (Å²) in [5.41, 5.74) is -0.649. The largest absolute Gasteiger partial charge is 0.371 e. The third-order valence-corrected chi connectivity index (χ3v) is 4.10. The maximum absolute atomic E-state index is 10.8. The van der Waals surface area contributed by atoms with Gasteiger partial charge in [0.2, 0.25) is 0 Å². The first-order valence-corrected chi connectivity index (χ1v) is 5.73. The van der Waals surface area contributed by atoms with E-state index >= 15 is 0 Å². The molecular formula is C7H13NO4S. The first kappa shape index (κ1) is 10.6. The Hall–Kier alpha value is -0.460. The Morgan fingerprint density at radius 2 is 2.00 bits per heavy atom. The van der Waals surface area contributed by atoms with Crippen LogP contribution in [0.5, 0.6) is 0 Å². The second-order valence-electron chi connectivity index (χ2n) is 3.75. The maximum atomic E-state index is 10.8. The fourth-order valence-corrected chi connectivity index (χ4v) is 3.47. The highest BCUT2D eigenvalue weighted by atomic mass is 32.2. The summed E-state index contributed by atoms with van der Waals surface area (Å²) in [5, 5.41) is 11.7. The first-order valence-electron chi connectivity index (χ1n) is 3.91. The maximum Gasteiger partial charge on any atom is 0.173 e. The second-order valence-corrected chi connectivity index (χ2v) is 5.81. The molecule has 0 aromatic rings. The van der Waals surface area contributed by atoms with Crippen LogP contribution in [0.25, 0.3) is 0 Å². The molecule has 0 aliphatic carbocycles. The Balaban J connectivity index is 2.53. The van der Waals surface area contributed by atoms with Crippen LogP contribution < -0.4 is 5.32 Å². The van der Waals surface area contributed by atoms with E-state index in [9.17, 15) is 13.2 Å². The van der Waals surface area contributed by atoms with Crippen molar-refractivity contribution in [1.82, 2.24) is 5.32 Å². The van der Waals surface area contributed by atoms with Crippen LogP contribution in [0.1, 0.15) is 13.8 Å². The van der Waals surface area contributed by atoms with Crippen molar-refractivity contribution in [3.63, 3.8) is 0 Å². The first-order chi connectivity index (χ1) is 5.74. The second kappa shape index (κ2) is 3.04. The van der Waals surface area contributed by atoms with Gasteiger partial charge in [0, 0.05) is 5.54 Å². The molecule has 0 bridgehead atoms. The average molecular weight is 207 g/mol. The minimum absolute atomic E-state index is 0.0235. The minimum atomic E-state index is -2.95. The van der Waals surface area contributed by atoms with E-state index in [0.717, 1.165) is 0 Å². The number of aliphatic hydroxyl groups excluding tert-OH is 1. The lowest BCUT2D eigenvalue weighted by atomic mass is 10.1. The van der Waals surface area contributed by atoms with Gasteiger partial charge in [-0.2, -0.15) is 0 Å². The van der Waals surface area contributed by atoms with Gasteiger partial charge in [0.1, 0.15) is 0 Å². The molecule has 0 amide bonds. The highest BCUT2D eigenvalue weighted by Gasteiger charge is 2.45. The number of Topliss-reactive ketones (excluding diaryl/α,β-unsaturated/α-hetero) is 1. The molecule has 13 heavy (non-hydrogen) atoms. The van der Waals surface area contributed by atoms with Crippen molar-refractivity contribution >= 4 is 15.6 Å². The smallest absolute Gasteiger partial charge is 0.173 e. The molecular weight excluding hydrogens is 194 g/mol. The molecule has 1 unspecified atom stereocenters. The van der Waals surface area contributed by atoms with Crippen LogP contribution in [0.15, 0.2) is 0 Å². The number of carbonyl (C=O) groups is 1. The van der Waals surface area contributed by atoms with Gasteiger partial charge in [-0.05, 0) is 13.8 Å². The Morgan fingerprint density at radius 1 is 1.54 bits per heavy atom. The summed E-state index contributed by atoms with van der Waals surface area (Å²) in [6.07, 6.45) is -1.26. The Kier molecular flexibility index (Phi) is 2.48. The van der Waals surface area contributed by atoms with Gasteiger partial charge in [0.25, 0.3) is 0 Å². The molecule has 5 nitrogen and oxygen atoms in total. The molecule has 1 fully saturated rings. The lowest BCUT2D eigenvalue weighted by Crippen LogP contribution is -2.65. The SMILES string of the molecule is CC(=O)C(O)NC1(C)CS(=O)(=O)C1. The molecule has 0 aromatic heterocycles. The van der Waals surface area contributed by atoms with Crippen molar-refractivity contribution in [2.75, 3.05) is 11.5 Å². The molecule has 2 N–H and O–H groups in total. The molecule has 1 heterocycles. The number of carbonyl (C=O) groups excluding carboxylic acids is 1. The molecule has 0 spiro atoms. The third kappa shape index (κ3) is 2.49. The van der Waals surface area contributed by atoms with Crippen molar-refractivity contribution in [3.8, 4) is 0 Å². The molecule has 1 saturated heterocycles. The molecule has 0 radical (unpaired) electrons. The predicted octanol–water partition coefficient (Wildman–Crippen LogP) is -1.33. The predicted molar refractivity (Wildman–Crippen MR) is 46.9 cm³/mol. The van der Waals surface area contributed by atoms with E-state index in [1.165, 1.54) is 6.92 Å². The van der Waals surface area contributed by atoms with Crippen molar-refractivity contribution in [3.05, 3.63) is 0 Å². The van der Waals surface area contributed by atoms with Crippen molar-refractivity contribution < 1.29 is 18.3 Å². The highest BCUT2D eigenvalue weighted by Crippen LogP contribution is 2.23. The number of sulfone groups is 1. The van der Waals surface area contributed by atoms with E-state index in [1.807, 2.05) is 0 Å². The zero-order valence-corrected chi connectivity index (χ0v) is 8.39. The fraction of sp³-hybridized carbons (Fsp3) is 0.857. The van der Waals surface area contributed by atoms with Crippen LogP contribution in [0.3, 0.4) is 0 Å². The zero-order valence-electron chi connectivity index (χ0n) is 7.57. The van der Waals surface area contributed by atoms with Gasteiger partial charge < -0.3 is 5.11 Å². The van der Waals surface area contributed by atoms with Gasteiger partial charge in [-0.1, -0.05) is 0 Å². The molecule has 6 heteroatoms. The Morgan fingerprint density at radius 3 is 2.31 bits per heavy atom. The molecule has 0 aromatic carbocycles. The number of aliphatic hydroxyl groups is 1. The molecule has 0 saturated carbocycles. The van der Waals surface area contributed by atoms with Crippen LogP contribution in [-0.2, 0) is 14.6 Å². The summed E-state index contributed by atoms with van der Waals surface area (Å²) >= 11 is 0. The number of hydrogen-bond acceptors (Lipinski definition) is 5. The third-order valence-electron chi connectivity index (χ3n) is 1.95. The highest BCUT2D eigenvalue weighted by molar-refractivity contribution is 7.93. The molecule has 1 aliphatic rings. The lowest BCUT2D eigenvalue weighted by molar-refractivity contribution is -0.127. The van der Waals surface area contributed by atoms with Gasteiger partial charge in [-0.15, -0.1) is 0 Å². The van der Waals surface area contributed by atoms with E-state index in [2.05, 4.69) is 5.32 Å². The van der Waals surface area contributed by atoms with Crippen LogP contribution in [0.2, 0.25) is 0 Å². The number of ketones is 1. The summed E-state index contributed by atoms with van der Waals surface area (Å²) in [6, 6.07) is 0.